The summed E-state index contributed by atoms with van der Waals surface area (Å²) >= 11 is 0. The Morgan fingerprint density at radius 2 is 1.96 bits per heavy atom. The third-order valence-electron chi connectivity index (χ3n) is 5.10. The number of hydrogen-bond acceptors (Lipinski definition) is 4. The standard InChI is InChI=1S/C19H26N2O2/c22-12-8-16(14-5-9-20-10-6-14)13-18(23)19-17-4-2-1-3-15(17)7-11-21-19/h1-4,7,11,14,16,18,20,22-23H,5-6,8-10,12-13H2. The van der Waals surface area contributed by atoms with Gasteiger partial charge in [0.25, 0.3) is 0 Å². The molecule has 2 atom stereocenters. The summed E-state index contributed by atoms with van der Waals surface area (Å²) in [6.45, 7) is 2.26. The average molecular weight is 314 g/mol. The maximum atomic E-state index is 10.8. The van der Waals surface area contributed by atoms with Gasteiger partial charge in [0.15, 0.2) is 0 Å². The van der Waals surface area contributed by atoms with Crippen molar-refractivity contribution in [2.75, 3.05) is 19.7 Å². The van der Waals surface area contributed by atoms with Crippen molar-refractivity contribution in [3.05, 3.63) is 42.2 Å². The fourth-order valence-electron chi connectivity index (χ4n) is 3.83. The summed E-state index contributed by atoms with van der Waals surface area (Å²) in [6, 6.07) is 10.0. The molecule has 1 aromatic heterocycles. The molecule has 23 heavy (non-hydrogen) atoms. The van der Waals surface area contributed by atoms with Gasteiger partial charge in [0, 0.05) is 18.2 Å². The van der Waals surface area contributed by atoms with Crippen LogP contribution in [0.5, 0.6) is 0 Å². The molecule has 0 spiro atoms. The minimum Gasteiger partial charge on any atom is -0.396 e. The lowest BCUT2D eigenvalue weighted by Crippen LogP contribution is -2.32. The largest absolute Gasteiger partial charge is 0.396 e. The van der Waals surface area contributed by atoms with Gasteiger partial charge in [0.05, 0.1) is 11.8 Å². The quantitative estimate of drug-likeness (QED) is 0.767. The smallest absolute Gasteiger partial charge is 0.0968 e. The second kappa shape index (κ2) is 7.86. The number of piperidine rings is 1. The number of pyridine rings is 1. The van der Waals surface area contributed by atoms with Gasteiger partial charge in [-0.05, 0) is 62.1 Å². The van der Waals surface area contributed by atoms with Crippen LogP contribution in [0.1, 0.15) is 37.5 Å². The lowest BCUT2D eigenvalue weighted by molar-refractivity contribution is 0.0977. The summed E-state index contributed by atoms with van der Waals surface area (Å²) in [6.07, 6.45) is 4.87. The predicted octanol–water partition coefficient (Wildman–Crippen LogP) is 2.66. The zero-order chi connectivity index (χ0) is 16.1. The first-order chi connectivity index (χ1) is 11.3. The van der Waals surface area contributed by atoms with Gasteiger partial charge in [-0.25, -0.2) is 0 Å². The molecule has 0 aliphatic carbocycles. The van der Waals surface area contributed by atoms with E-state index in [2.05, 4.69) is 10.3 Å². The molecule has 2 unspecified atom stereocenters. The van der Waals surface area contributed by atoms with Crippen molar-refractivity contribution in [1.82, 2.24) is 10.3 Å². The number of nitrogens with zero attached hydrogens (tertiary/aromatic N) is 1. The Balaban J connectivity index is 1.78. The summed E-state index contributed by atoms with van der Waals surface area (Å²) in [4.78, 5) is 4.44. The molecule has 1 aromatic carbocycles. The molecule has 0 bridgehead atoms. The van der Waals surface area contributed by atoms with E-state index in [4.69, 9.17) is 0 Å². The molecule has 1 aliphatic rings. The highest BCUT2D eigenvalue weighted by atomic mass is 16.3. The van der Waals surface area contributed by atoms with Crippen molar-refractivity contribution < 1.29 is 10.2 Å². The van der Waals surface area contributed by atoms with Crippen LogP contribution in [0, 0.1) is 11.8 Å². The molecular formula is C19H26N2O2. The number of fused-ring (bicyclic) bond motifs is 1. The minimum atomic E-state index is -0.576. The Labute approximate surface area is 137 Å². The predicted molar refractivity (Wildman–Crippen MR) is 92.1 cm³/mol. The first-order valence-corrected chi connectivity index (χ1v) is 8.63. The second-order valence-corrected chi connectivity index (χ2v) is 6.53. The molecule has 4 heteroatoms. The van der Waals surface area contributed by atoms with Crippen molar-refractivity contribution in [2.45, 2.75) is 31.8 Å². The molecule has 3 rings (SSSR count). The van der Waals surface area contributed by atoms with Crippen LogP contribution in [0.2, 0.25) is 0 Å². The molecule has 2 aromatic rings. The Hall–Kier alpha value is -1.49. The third kappa shape index (κ3) is 3.89. The Morgan fingerprint density at radius 3 is 2.74 bits per heavy atom. The Morgan fingerprint density at radius 1 is 1.17 bits per heavy atom. The summed E-state index contributed by atoms with van der Waals surface area (Å²) in [5.74, 6) is 0.922. The van der Waals surface area contributed by atoms with Gasteiger partial charge >= 0.3 is 0 Å². The molecule has 0 saturated carbocycles. The number of aliphatic hydroxyl groups excluding tert-OH is 2. The maximum absolute atomic E-state index is 10.8. The summed E-state index contributed by atoms with van der Waals surface area (Å²) in [5.41, 5.74) is 0.764. The normalized spacial score (nSPS) is 18.9. The summed E-state index contributed by atoms with van der Waals surface area (Å²) in [7, 11) is 0. The number of rotatable bonds is 6. The van der Waals surface area contributed by atoms with E-state index in [1.807, 2.05) is 30.3 Å². The number of benzene rings is 1. The topological polar surface area (TPSA) is 65.4 Å². The molecular weight excluding hydrogens is 288 g/mol. The van der Waals surface area contributed by atoms with E-state index in [-0.39, 0.29) is 6.61 Å². The Bertz CT molecular complexity index is 620. The van der Waals surface area contributed by atoms with Crippen LogP contribution in [-0.2, 0) is 0 Å². The van der Waals surface area contributed by atoms with E-state index < -0.39 is 6.10 Å². The van der Waals surface area contributed by atoms with Gasteiger partial charge in [-0.2, -0.15) is 0 Å². The van der Waals surface area contributed by atoms with Crippen LogP contribution in [0.15, 0.2) is 36.5 Å². The summed E-state index contributed by atoms with van der Waals surface area (Å²) in [5, 5.41) is 25.7. The molecule has 1 aliphatic heterocycles. The van der Waals surface area contributed by atoms with Crippen molar-refractivity contribution in [3.63, 3.8) is 0 Å². The minimum absolute atomic E-state index is 0.185. The summed E-state index contributed by atoms with van der Waals surface area (Å²) < 4.78 is 0. The molecule has 124 valence electrons. The molecule has 4 nitrogen and oxygen atoms in total. The number of hydrogen-bond donors (Lipinski definition) is 3. The van der Waals surface area contributed by atoms with Crippen molar-refractivity contribution in [2.24, 2.45) is 11.8 Å². The fourth-order valence-corrected chi connectivity index (χ4v) is 3.83. The number of nitrogens with one attached hydrogen (secondary N) is 1. The van der Waals surface area contributed by atoms with Gasteiger partial charge < -0.3 is 15.5 Å². The van der Waals surface area contributed by atoms with Crippen LogP contribution in [0.4, 0.5) is 0 Å². The van der Waals surface area contributed by atoms with Crippen molar-refractivity contribution in [3.8, 4) is 0 Å². The van der Waals surface area contributed by atoms with Crippen LogP contribution in [0.25, 0.3) is 10.8 Å². The molecule has 0 radical (unpaired) electrons. The highest BCUT2D eigenvalue weighted by Gasteiger charge is 2.26. The van der Waals surface area contributed by atoms with Crippen LogP contribution in [-0.4, -0.2) is 34.9 Å². The zero-order valence-electron chi connectivity index (χ0n) is 13.5. The van der Waals surface area contributed by atoms with E-state index in [1.165, 1.54) is 0 Å². The van der Waals surface area contributed by atoms with Crippen LogP contribution >= 0.6 is 0 Å². The number of aliphatic hydroxyl groups is 2. The van der Waals surface area contributed by atoms with E-state index in [9.17, 15) is 10.2 Å². The van der Waals surface area contributed by atoms with E-state index >= 15 is 0 Å². The molecule has 1 fully saturated rings. The van der Waals surface area contributed by atoms with Crippen molar-refractivity contribution in [1.29, 1.82) is 0 Å². The SMILES string of the molecule is OCCC(CC(O)c1nccc2ccccc12)C1CCNCC1. The van der Waals surface area contributed by atoms with Crippen LogP contribution < -0.4 is 5.32 Å². The lowest BCUT2D eigenvalue weighted by atomic mass is 9.79. The molecule has 2 heterocycles. The lowest BCUT2D eigenvalue weighted by Gasteiger charge is -2.31. The maximum Gasteiger partial charge on any atom is 0.0968 e. The fraction of sp³-hybridized carbons (Fsp3) is 0.526. The molecule has 3 N–H and O–H groups in total. The Kier molecular flexibility index (Phi) is 5.60. The van der Waals surface area contributed by atoms with Gasteiger partial charge in [-0.15, -0.1) is 0 Å². The van der Waals surface area contributed by atoms with Gasteiger partial charge in [0.1, 0.15) is 0 Å². The van der Waals surface area contributed by atoms with Crippen molar-refractivity contribution >= 4 is 10.8 Å². The van der Waals surface area contributed by atoms with Gasteiger partial charge in [-0.1, -0.05) is 24.3 Å². The molecule has 0 amide bonds. The monoisotopic (exact) mass is 314 g/mol. The molecule has 1 saturated heterocycles. The second-order valence-electron chi connectivity index (χ2n) is 6.53. The first-order valence-electron chi connectivity index (χ1n) is 8.63. The highest BCUT2D eigenvalue weighted by Crippen LogP contribution is 2.34. The number of aromatic nitrogens is 1. The van der Waals surface area contributed by atoms with E-state index in [0.29, 0.717) is 18.3 Å². The zero-order valence-corrected chi connectivity index (χ0v) is 13.5. The van der Waals surface area contributed by atoms with E-state index in [0.717, 1.165) is 48.8 Å². The third-order valence-corrected chi connectivity index (χ3v) is 5.10. The highest BCUT2D eigenvalue weighted by molar-refractivity contribution is 5.84. The van der Waals surface area contributed by atoms with Gasteiger partial charge in [0.2, 0.25) is 0 Å². The van der Waals surface area contributed by atoms with E-state index in [1.54, 1.807) is 6.20 Å². The van der Waals surface area contributed by atoms with Crippen LogP contribution in [0.3, 0.4) is 0 Å². The van der Waals surface area contributed by atoms with Gasteiger partial charge in [-0.3, -0.25) is 4.98 Å². The first kappa shape index (κ1) is 16.4. The average Bonchev–Trinajstić information content (AvgIpc) is 2.61.